The van der Waals surface area contributed by atoms with Gasteiger partial charge in [-0.05, 0) is 35.9 Å². The average Bonchev–Trinajstić information content (AvgIpc) is 2.77. The highest BCUT2D eigenvalue weighted by Crippen LogP contribution is 2.40. The van der Waals surface area contributed by atoms with E-state index in [0.29, 0.717) is 12.1 Å². The summed E-state index contributed by atoms with van der Waals surface area (Å²) in [7, 11) is 0. The number of hydrogen-bond acceptors (Lipinski definition) is 3. The summed E-state index contributed by atoms with van der Waals surface area (Å²) in [4.78, 5) is 13.8. The first kappa shape index (κ1) is 23.7. The molecule has 11 heteroatoms. The van der Waals surface area contributed by atoms with Gasteiger partial charge in [0.1, 0.15) is 29.0 Å². The lowest BCUT2D eigenvalue weighted by molar-refractivity contribution is -0.138. The van der Waals surface area contributed by atoms with Crippen LogP contribution in [0.3, 0.4) is 0 Å². The lowest BCUT2D eigenvalue weighted by atomic mass is 10.1. The van der Waals surface area contributed by atoms with Gasteiger partial charge in [0.15, 0.2) is 0 Å². The predicted octanol–water partition coefficient (Wildman–Crippen LogP) is 6.36. The van der Waals surface area contributed by atoms with Crippen LogP contribution in [-0.2, 0) is 18.6 Å². The van der Waals surface area contributed by atoms with Gasteiger partial charge in [-0.1, -0.05) is 6.07 Å². The van der Waals surface area contributed by atoms with Crippen LogP contribution in [-0.4, -0.2) is 12.6 Å². The minimum Gasteiger partial charge on any atom is -0.457 e. The largest absolute Gasteiger partial charge is 0.457 e. The molecule has 178 valence electrons. The summed E-state index contributed by atoms with van der Waals surface area (Å²) in [6, 6.07) is 8.44. The number of carbonyl (C=O) groups is 1. The molecule has 0 saturated heterocycles. The maximum absolute atomic E-state index is 14.1. The molecule has 0 unspecified atom stereocenters. The second kappa shape index (κ2) is 9.09. The van der Waals surface area contributed by atoms with Crippen LogP contribution in [0.1, 0.15) is 27.0 Å². The van der Waals surface area contributed by atoms with Crippen molar-refractivity contribution in [2.24, 2.45) is 0 Å². The van der Waals surface area contributed by atoms with Gasteiger partial charge in [0, 0.05) is 23.6 Å². The number of nitrogens with one attached hydrogen (secondary N) is 1. The van der Waals surface area contributed by atoms with Crippen molar-refractivity contribution in [1.82, 2.24) is 5.32 Å². The molecule has 1 N–H and O–H groups in total. The zero-order valence-corrected chi connectivity index (χ0v) is 17.9. The molecule has 0 saturated carbocycles. The molecule has 0 fully saturated rings. The van der Waals surface area contributed by atoms with Crippen LogP contribution in [0, 0.1) is 17.5 Å². The van der Waals surface area contributed by atoms with E-state index >= 15 is 0 Å². The molecular weight excluding hydrogens is 486 g/mol. The molecule has 0 radical (unpaired) electrons. The van der Waals surface area contributed by atoms with Crippen molar-refractivity contribution >= 4 is 23.2 Å². The number of benzene rings is 3. The third-order valence-electron chi connectivity index (χ3n) is 5.17. The Bertz CT molecular complexity index is 1240. The van der Waals surface area contributed by atoms with Crippen LogP contribution in [0.4, 0.5) is 32.0 Å². The number of carbonyl (C=O) groups excluding carboxylic acids is 1. The molecule has 1 amide bonds. The number of anilines is 1. The second-order valence-electron chi connectivity index (χ2n) is 7.45. The van der Waals surface area contributed by atoms with Crippen LogP contribution in [0.2, 0.25) is 0 Å². The van der Waals surface area contributed by atoms with E-state index < -0.39 is 46.4 Å². The summed E-state index contributed by atoms with van der Waals surface area (Å²) in [5.41, 5.74) is -0.887. The highest BCUT2D eigenvalue weighted by molar-refractivity contribution is 6.17. The highest BCUT2D eigenvalue weighted by Gasteiger charge is 2.35. The van der Waals surface area contributed by atoms with E-state index in [9.17, 15) is 31.1 Å². The fourth-order valence-corrected chi connectivity index (χ4v) is 3.70. The lowest BCUT2D eigenvalue weighted by Crippen LogP contribution is -2.43. The van der Waals surface area contributed by atoms with E-state index in [0.717, 1.165) is 12.1 Å². The van der Waals surface area contributed by atoms with Gasteiger partial charge in [0.25, 0.3) is 5.91 Å². The van der Waals surface area contributed by atoms with E-state index in [4.69, 9.17) is 16.3 Å². The van der Waals surface area contributed by atoms with Crippen molar-refractivity contribution in [2.45, 2.75) is 18.6 Å². The van der Waals surface area contributed by atoms with Crippen molar-refractivity contribution in [3.63, 3.8) is 0 Å². The number of alkyl halides is 4. The Morgan fingerprint density at radius 2 is 1.71 bits per heavy atom. The molecule has 0 aliphatic carbocycles. The number of amides is 1. The smallest absolute Gasteiger partial charge is 0.419 e. The van der Waals surface area contributed by atoms with Crippen LogP contribution in [0.15, 0.2) is 48.5 Å². The Morgan fingerprint density at radius 1 is 1.00 bits per heavy atom. The lowest BCUT2D eigenvalue weighted by Gasteiger charge is -2.31. The molecule has 3 aromatic carbocycles. The minimum atomic E-state index is -4.71. The number of rotatable bonds is 5. The molecule has 1 aliphatic heterocycles. The summed E-state index contributed by atoms with van der Waals surface area (Å²) in [5, 5.41) is 2.52. The van der Waals surface area contributed by atoms with Gasteiger partial charge in [0.05, 0.1) is 30.0 Å². The van der Waals surface area contributed by atoms with Crippen molar-refractivity contribution in [3.8, 4) is 11.5 Å². The fraction of sp³-hybridized carbons (Fsp3) is 0.174. The second-order valence-corrected chi connectivity index (χ2v) is 7.72. The quantitative estimate of drug-likeness (QED) is 0.327. The van der Waals surface area contributed by atoms with E-state index in [1.807, 2.05) is 0 Å². The number of halogens is 7. The van der Waals surface area contributed by atoms with Crippen LogP contribution >= 0.6 is 11.6 Å². The van der Waals surface area contributed by atoms with Gasteiger partial charge in [-0.2, -0.15) is 13.2 Å². The first-order valence-corrected chi connectivity index (χ1v) is 10.3. The third kappa shape index (κ3) is 4.77. The summed E-state index contributed by atoms with van der Waals surface area (Å²) in [6.45, 7) is -0.427. The highest BCUT2D eigenvalue weighted by atomic mass is 35.5. The van der Waals surface area contributed by atoms with Crippen molar-refractivity contribution in [2.75, 3.05) is 11.6 Å². The number of nitrogens with zero attached hydrogens (tertiary/aromatic N) is 1. The number of fused-ring (bicyclic) bond motifs is 1. The molecule has 4 rings (SSSR count). The van der Waals surface area contributed by atoms with Crippen LogP contribution in [0.5, 0.6) is 11.5 Å². The van der Waals surface area contributed by atoms with E-state index in [2.05, 4.69) is 5.32 Å². The third-order valence-corrected chi connectivity index (χ3v) is 5.48. The Labute approximate surface area is 194 Å². The van der Waals surface area contributed by atoms with Crippen LogP contribution in [0.25, 0.3) is 0 Å². The summed E-state index contributed by atoms with van der Waals surface area (Å²) >= 11 is 5.63. The fourth-order valence-electron chi connectivity index (χ4n) is 3.54. The molecule has 1 heterocycles. The van der Waals surface area contributed by atoms with Gasteiger partial charge in [-0.3, -0.25) is 4.79 Å². The summed E-state index contributed by atoms with van der Waals surface area (Å²) < 4.78 is 87.3. The normalized spacial score (nSPS) is 13.5. The maximum Gasteiger partial charge on any atom is 0.419 e. The zero-order valence-electron chi connectivity index (χ0n) is 17.1. The maximum atomic E-state index is 14.1. The summed E-state index contributed by atoms with van der Waals surface area (Å²) in [5.74, 6) is -4.45. The van der Waals surface area contributed by atoms with E-state index in [1.54, 1.807) is 0 Å². The van der Waals surface area contributed by atoms with E-state index in [-0.39, 0.29) is 41.7 Å². The SMILES string of the molecule is O=C1NCN(Cc2c(F)cc(F)cc2F)c2ccc(Oc3ccc(CCl)cc3C(F)(F)F)cc21. The Kier molecular flexibility index (Phi) is 6.35. The molecule has 1 aliphatic rings. The molecular formula is C23H15ClF6N2O2. The van der Waals surface area contributed by atoms with Crippen LogP contribution < -0.4 is 15.0 Å². The Morgan fingerprint density at radius 3 is 2.35 bits per heavy atom. The van der Waals surface area contributed by atoms with Gasteiger partial charge in [-0.25, -0.2) is 13.2 Å². The molecule has 0 aromatic heterocycles. The summed E-state index contributed by atoms with van der Waals surface area (Å²) in [6.07, 6.45) is -4.71. The van der Waals surface area contributed by atoms with E-state index in [1.165, 1.54) is 29.2 Å². The van der Waals surface area contributed by atoms with Gasteiger partial charge >= 0.3 is 6.18 Å². The van der Waals surface area contributed by atoms with Crippen molar-refractivity contribution < 1.29 is 35.9 Å². The van der Waals surface area contributed by atoms with Gasteiger partial charge in [-0.15, -0.1) is 11.6 Å². The molecule has 4 nitrogen and oxygen atoms in total. The molecule has 34 heavy (non-hydrogen) atoms. The van der Waals surface area contributed by atoms with Crippen molar-refractivity contribution in [1.29, 1.82) is 0 Å². The number of hydrogen-bond donors (Lipinski definition) is 1. The van der Waals surface area contributed by atoms with Crippen molar-refractivity contribution in [3.05, 3.63) is 88.2 Å². The standard InChI is InChI=1S/C23H15ClF6N2O2/c24-9-12-1-4-21(17(5-12)23(28,29)30)34-14-2-3-20-15(8-14)22(33)31-11-32(20)10-16-18(26)6-13(25)7-19(16)27/h1-8H,9-11H2,(H,31,33). The Balaban J connectivity index is 1.66. The van der Waals surface area contributed by atoms with Gasteiger partial charge < -0.3 is 15.0 Å². The van der Waals surface area contributed by atoms with Gasteiger partial charge in [0.2, 0.25) is 0 Å². The zero-order chi connectivity index (χ0) is 24.6. The monoisotopic (exact) mass is 500 g/mol. The first-order valence-electron chi connectivity index (χ1n) is 9.81. The molecule has 0 spiro atoms. The molecule has 0 bridgehead atoms. The number of ether oxygens (including phenoxy) is 1. The Hall–Kier alpha value is -3.40. The average molecular weight is 501 g/mol. The molecule has 0 atom stereocenters. The molecule has 3 aromatic rings. The first-order chi connectivity index (χ1) is 16.1. The minimum absolute atomic E-state index is 0.0256. The predicted molar refractivity (Wildman–Crippen MR) is 112 cm³/mol. The topological polar surface area (TPSA) is 41.6 Å².